The Hall–Kier alpha value is -3.41. The van der Waals surface area contributed by atoms with Crippen LogP contribution in [0.4, 0.5) is 0 Å². The van der Waals surface area contributed by atoms with Gasteiger partial charge in [0.1, 0.15) is 5.69 Å². The van der Waals surface area contributed by atoms with Crippen molar-refractivity contribution in [3.05, 3.63) is 71.9 Å². The first kappa shape index (κ1) is 21.3. The minimum Gasteiger partial charge on any atom is -0.352 e. The number of para-hydroxylation sites is 1. The van der Waals surface area contributed by atoms with E-state index in [4.69, 9.17) is 5.10 Å². The molecule has 0 aliphatic heterocycles. The van der Waals surface area contributed by atoms with Gasteiger partial charge >= 0.3 is 0 Å². The lowest BCUT2D eigenvalue weighted by molar-refractivity contribution is -0.122. The van der Waals surface area contributed by atoms with Crippen LogP contribution in [0, 0.1) is 6.92 Å². The second-order valence-electron chi connectivity index (χ2n) is 7.53. The van der Waals surface area contributed by atoms with Crippen molar-refractivity contribution in [1.82, 2.24) is 20.0 Å². The first-order valence-electron chi connectivity index (χ1n) is 10.2. The lowest BCUT2D eigenvalue weighted by Crippen LogP contribution is -2.42. The van der Waals surface area contributed by atoms with E-state index >= 15 is 0 Å². The molecule has 3 aromatic rings. The maximum atomic E-state index is 13.4. The van der Waals surface area contributed by atoms with Crippen LogP contribution in [-0.2, 0) is 4.79 Å². The number of hydrogen-bond acceptors (Lipinski definition) is 3. The molecule has 2 amide bonds. The van der Waals surface area contributed by atoms with Crippen LogP contribution in [0.2, 0.25) is 0 Å². The zero-order valence-corrected chi connectivity index (χ0v) is 17.9. The van der Waals surface area contributed by atoms with Crippen molar-refractivity contribution >= 4 is 11.8 Å². The molecule has 0 spiro atoms. The summed E-state index contributed by atoms with van der Waals surface area (Å²) in [6.07, 6.45) is 1.75. The Balaban J connectivity index is 2.03. The van der Waals surface area contributed by atoms with E-state index in [0.717, 1.165) is 16.8 Å². The van der Waals surface area contributed by atoms with Gasteiger partial charge in [0.15, 0.2) is 0 Å². The molecule has 6 heteroatoms. The predicted molar refractivity (Wildman–Crippen MR) is 119 cm³/mol. The highest BCUT2D eigenvalue weighted by molar-refractivity contribution is 6.01. The van der Waals surface area contributed by atoms with Gasteiger partial charge in [-0.2, -0.15) is 5.10 Å². The smallest absolute Gasteiger partial charge is 0.258 e. The van der Waals surface area contributed by atoms with Crippen LogP contribution in [0.1, 0.15) is 36.7 Å². The van der Waals surface area contributed by atoms with E-state index in [2.05, 4.69) is 5.32 Å². The maximum Gasteiger partial charge on any atom is 0.258 e. The second-order valence-corrected chi connectivity index (χ2v) is 7.53. The van der Waals surface area contributed by atoms with Crippen LogP contribution in [0.25, 0.3) is 16.9 Å². The van der Waals surface area contributed by atoms with Crippen molar-refractivity contribution in [1.29, 1.82) is 0 Å². The molecule has 30 heavy (non-hydrogen) atoms. The summed E-state index contributed by atoms with van der Waals surface area (Å²) in [7, 11) is 0. The average Bonchev–Trinajstić information content (AvgIpc) is 3.17. The molecular formula is C24H28N4O2. The van der Waals surface area contributed by atoms with Gasteiger partial charge in [-0.15, -0.1) is 0 Å². The molecule has 1 aromatic heterocycles. The van der Waals surface area contributed by atoms with Crippen molar-refractivity contribution in [2.75, 3.05) is 13.1 Å². The van der Waals surface area contributed by atoms with Crippen molar-refractivity contribution in [3.8, 4) is 16.9 Å². The number of nitrogens with one attached hydrogen (secondary N) is 1. The standard InChI is InChI=1S/C24H28N4O2/c1-5-27(16-22(29)25-17(2)3)24(30)21-15-28(19-12-7-6-8-13-19)26-23(21)20-14-10-9-11-18(20)4/h6-15,17H,5,16H2,1-4H3,(H,25,29). The molecule has 0 atom stereocenters. The highest BCUT2D eigenvalue weighted by Crippen LogP contribution is 2.27. The van der Waals surface area contributed by atoms with E-state index in [1.807, 2.05) is 82.3 Å². The van der Waals surface area contributed by atoms with Gasteiger partial charge in [-0.25, -0.2) is 4.68 Å². The molecule has 3 rings (SSSR count). The zero-order chi connectivity index (χ0) is 21.7. The van der Waals surface area contributed by atoms with Gasteiger partial charge in [0, 0.05) is 24.3 Å². The summed E-state index contributed by atoms with van der Waals surface area (Å²) >= 11 is 0. The maximum absolute atomic E-state index is 13.4. The molecule has 0 aliphatic rings. The number of aryl methyl sites for hydroxylation is 1. The first-order valence-corrected chi connectivity index (χ1v) is 10.2. The van der Waals surface area contributed by atoms with Crippen LogP contribution >= 0.6 is 0 Å². The number of nitrogens with zero attached hydrogens (tertiary/aromatic N) is 3. The highest BCUT2D eigenvalue weighted by Gasteiger charge is 2.25. The third kappa shape index (κ3) is 4.76. The normalized spacial score (nSPS) is 10.8. The molecule has 0 bridgehead atoms. The Labute approximate surface area is 177 Å². The van der Waals surface area contributed by atoms with Crippen molar-refractivity contribution in [2.24, 2.45) is 0 Å². The number of benzene rings is 2. The summed E-state index contributed by atoms with van der Waals surface area (Å²) in [6, 6.07) is 17.6. The first-order chi connectivity index (χ1) is 14.4. The minimum absolute atomic E-state index is 0.0112. The number of aromatic nitrogens is 2. The summed E-state index contributed by atoms with van der Waals surface area (Å²) in [6.45, 7) is 8.10. The van der Waals surface area contributed by atoms with Gasteiger partial charge in [0.25, 0.3) is 5.91 Å². The Morgan fingerprint density at radius 1 is 1.07 bits per heavy atom. The molecule has 156 valence electrons. The summed E-state index contributed by atoms with van der Waals surface area (Å²) in [5, 5.41) is 7.59. The van der Waals surface area contributed by atoms with E-state index in [1.165, 1.54) is 0 Å². The fraction of sp³-hybridized carbons (Fsp3) is 0.292. The van der Waals surface area contributed by atoms with Crippen LogP contribution < -0.4 is 5.32 Å². The molecule has 0 aliphatic carbocycles. The van der Waals surface area contributed by atoms with Crippen molar-refractivity contribution in [3.63, 3.8) is 0 Å². The molecule has 0 fully saturated rings. The van der Waals surface area contributed by atoms with E-state index in [1.54, 1.807) is 15.8 Å². The van der Waals surface area contributed by atoms with Crippen molar-refractivity contribution < 1.29 is 9.59 Å². The average molecular weight is 405 g/mol. The lowest BCUT2D eigenvalue weighted by Gasteiger charge is -2.21. The van der Waals surface area contributed by atoms with Gasteiger partial charge in [-0.3, -0.25) is 9.59 Å². The zero-order valence-electron chi connectivity index (χ0n) is 17.9. The topological polar surface area (TPSA) is 67.2 Å². The number of carbonyl (C=O) groups excluding carboxylic acids is 2. The van der Waals surface area contributed by atoms with E-state index in [9.17, 15) is 9.59 Å². The molecule has 0 unspecified atom stereocenters. The minimum atomic E-state index is -0.211. The van der Waals surface area contributed by atoms with Gasteiger partial charge in [0.2, 0.25) is 5.91 Å². The summed E-state index contributed by atoms with van der Waals surface area (Å²) in [4.78, 5) is 27.3. The third-order valence-corrected chi connectivity index (χ3v) is 4.82. The summed E-state index contributed by atoms with van der Waals surface area (Å²) < 4.78 is 1.72. The Bertz CT molecular complexity index is 1020. The van der Waals surface area contributed by atoms with Crippen molar-refractivity contribution in [2.45, 2.75) is 33.7 Å². The number of carbonyl (C=O) groups is 2. The number of rotatable bonds is 7. The van der Waals surface area contributed by atoms with Crippen LogP contribution in [0.15, 0.2) is 60.8 Å². The molecular weight excluding hydrogens is 376 g/mol. The predicted octanol–water partition coefficient (Wildman–Crippen LogP) is 3.83. The summed E-state index contributed by atoms with van der Waals surface area (Å²) in [5.41, 5.74) is 3.90. The summed E-state index contributed by atoms with van der Waals surface area (Å²) in [5.74, 6) is -0.384. The van der Waals surface area contributed by atoms with Gasteiger partial charge in [-0.1, -0.05) is 42.5 Å². The quantitative estimate of drug-likeness (QED) is 0.651. The van der Waals surface area contributed by atoms with Gasteiger partial charge < -0.3 is 10.2 Å². The monoisotopic (exact) mass is 404 g/mol. The molecule has 0 saturated heterocycles. The van der Waals surface area contributed by atoms with E-state index in [-0.39, 0.29) is 24.4 Å². The highest BCUT2D eigenvalue weighted by atomic mass is 16.2. The molecule has 2 aromatic carbocycles. The van der Waals surface area contributed by atoms with Gasteiger partial charge in [0.05, 0.1) is 17.8 Å². The Morgan fingerprint density at radius 2 is 1.73 bits per heavy atom. The van der Waals surface area contributed by atoms with Crippen LogP contribution in [-0.4, -0.2) is 45.6 Å². The Morgan fingerprint density at radius 3 is 2.37 bits per heavy atom. The Kier molecular flexibility index (Phi) is 6.67. The number of likely N-dealkylation sites (N-methyl/N-ethyl adjacent to an activating group) is 1. The fourth-order valence-electron chi connectivity index (χ4n) is 3.32. The third-order valence-electron chi connectivity index (χ3n) is 4.82. The molecule has 0 saturated carbocycles. The molecule has 1 heterocycles. The van der Waals surface area contributed by atoms with Gasteiger partial charge in [-0.05, 0) is 45.4 Å². The SMILES string of the molecule is CCN(CC(=O)NC(C)C)C(=O)c1cn(-c2ccccc2)nc1-c1ccccc1C. The second kappa shape index (κ2) is 9.39. The van der Waals surface area contributed by atoms with E-state index < -0.39 is 0 Å². The lowest BCUT2D eigenvalue weighted by atomic mass is 10.0. The molecule has 0 radical (unpaired) electrons. The fourth-order valence-corrected chi connectivity index (χ4v) is 3.32. The van der Waals surface area contributed by atoms with Crippen LogP contribution in [0.3, 0.4) is 0 Å². The molecule has 1 N–H and O–H groups in total. The molecule has 6 nitrogen and oxygen atoms in total. The largest absolute Gasteiger partial charge is 0.352 e. The van der Waals surface area contributed by atoms with Crippen LogP contribution in [0.5, 0.6) is 0 Å². The number of hydrogen-bond donors (Lipinski definition) is 1. The number of amides is 2. The van der Waals surface area contributed by atoms with E-state index in [0.29, 0.717) is 17.8 Å².